The first-order valence-electron chi connectivity index (χ1n) is 6.15. The molecule has 0 fully saturated rings. The van der Waals surface area contributed by atoms with Crippen LogP contribution in [0.1, 0.15) is 0 Å². The lowest BCUT2D eigenvalue weighted by molar-refractivity contribution is 0.379. The highest BCUT2D eigenvalue weighted by atomic mass is 16.5. The summed E-state index contributed by atoms with van der Waals surface area (Å²) in [7, 11) is 5.18. The van der Waals surface area contributed by atoms with E-state index in [1.165, 1.54) is 0 Å². The normalized spacial score (nSPS) is 9.95. The minimum absolute atomic E-state index is 0.553. The molecule has 1 aromatic carbocycles. The van der Waals surface area contributed by atoms with E-state index < -0.39 is 0 Å². The van der Waals surface area contributed by atoms with E-state index in [0.717, 1.165) is 11.5 Å². The fourth-order valence-corrected chi connectivity index (χ4v) is 1.77. The molecule has 0 aliphatic rings. The van der Waals surface area contributed by atoms with Crippen molar-refractivity contribution in [3.8, 4) is 17.2 Å². The molecule has 0 radical (unpaired) electrons. The molecule has 20 heavy (non-hydrogen) atoms. The Balaban J connectivity index is 2.34. The fourth-order valence-electron chi connectivity index (χ4n) is 1.77. The summed E-state index contributed by atoms with van der Waals surface area (Å²) in [5.74, 6) is 2.53. The molecular formula is C14H18N4O2. The van der Waals surface area contributed by atoms with Crippen LogP contribution in [0.3, 0.4) is 0 Å². The Bertz CT molecular complexity index is 602. The summed E-state index contributed by atoms with van der Waals surface area (Å²) in [6.07, 6.45) is 1.67. The van der Waals surface area contributed by atoms with E-state index in [1.807, 2.05) is 0 Å². The average molecular weight is 274 g/mol. The van der Waals surface area contributed by atoms with Gasteiger partial charge in [-0.05, 0) is 6.07 Å². The summed E-state index contributed by atoms with van der Waals surface area (Å²) in [5.41, 5.74) is 7.32. The number of rotatable bonds is 5. The highest BCUT2D eigenvalue weighted by Gasteiger charge is 2.10. The average Bonchev–Trinajstić information content (AvgIpc) is 2.48. The van der Waals surface area contributed by atoms with Gasteiger partial charge in [0.25, 0.3) is 0 Å². The van der Waals surface area contributed by atoms with Gasteiger partial charge in [0.2, 0.25) is 0 Å². The Kier molecular flexibility index (Phi) is 4.14. The number of methoxy groups -OCH3 is 1. The molecule has 6 nitrogen and oxygen atoms in total. The van der Waals surface area contributed by atoms with Crippen LogP contribution < -0.4 is 25.8 Å². The van der Waals surface area contributed by atoms with Gasteiger partial charge in [-0.3, -0.25) is 0 Å². The molecule has 1 heterocycles. The summed E-state index contributed by atoms with van der Waals surface area (Å²) in [6.45, 7) is 0. The highest BCUT2D eigenvalue weighted by molar-refractivity contribution is 5.72. The van der Waals surface area contributed by atoms with Crippen molar-refractivity contribution in [2.45, 2.75) is 0 Å². The second-order valence-corrected chi connectivity index (χ2v) is 4.07. The van der Waals surface area contributed by atoms with Crippen LogP contribution in [0.2, 0.25) is 0 Å². The summed E-state index contributed by atoms with van der Waals surface area (Å²) >= 11 is 0. The quantitative estimate of drug-likeness (QED) is 0.727. The molecule has 2 aromatic rings. The Morgan fingerprint density at radius 3 is 2.55 bits per heavy atom. The van der Waals surface area contributed by atoms with Crippen molar-refractivity contribution in [3.05, 3.63) is 30.5 Å². The minimum atomic E-state index is 0.553. The number of nitrogen functional groups attached to an aromatic ring is 1. The van der Waals surface area contributed by atoms with E-state index in [0.29, 0.717) is 22.9 Å². The van der Waals surface area contributed by atoms with E-state index in [4.69, 9.17) is 15.2 Å². The van der Waals surface area contributed by atoms with Crippen LogP contribution in [0.4, 0.5) is 17.2 Å². The van der Waals surface area contributed by atoms with Crippen LogP contribution in [0.15, 0.2) is 30.5 Å². The van der Waals surface area contributed by atoms with Gasteiger partial charge in [0.05, 0.1) is 18.5 Å². The van der Waals surface area contributed by atoms with Crippen LogP contribution >= 0.6 is 0 Å². The first-order valence-corrected chi connectivity index (χ1v) is 6.15. The van der Waals surface area contributed by atoms with Crippen LogP contribution in [-0.2, 0) is 0 Å². The van der Waals surface area contributed by atoms with Crippen molar-refractivity contribution in [2.75, 3.05) is 37.6 Å². The van der Waals surface area contributed by atoms with Crippen LogP contribution in [0, 0.1) is 0 Å². The summed E-state index contributed by atoms with van der Waals surface area (Å²) in [5, 5.41) is 5.95. The van der Waals surface area contributed by atoms with Gasteiger partial charge in [0.1, 0.15) is 11.6 Å². The van der Waals surface area contributed by atoms with Crippen molar-refractivity contribution >= 4 is 17.2 Å². The number of nitrogens with zero attached hydrogens (tertiary/aromatic N) is 1. The van der Waals surface area contributed by atoms with Gasteiger partial charge in [-0.2, -0.15) is 0 Å². The molecule has 6 heteroatoms. The molecule has 2 rings (SSSR count). The van der Waals surface area contributed by atoms with E-state index in [1.54, 1.807) is 51.7 Å². The summed E-state index contributed by atoms with van der Waals surface area (Å²) in [4.78, 5) is 4.13. The molecule has 1 aromatic heterocycles. The van der Waals surface area contributed by atoms with E-state index >= 15 is 0 Å². The third-order valence-corrected chi connectivity index (χ3v) is 2.82. The van der Waals surface area contributed by atoms with Gasteiger partial charge >= 0.3 is 0 Å². The lowest BCUT2D eigenvalue weighted by atomic mass is 10.2. The molecule has 0 aliphatic carbocycles. The van der Waals surface area contributed by atoms with Crippen molar-refractivity contribution in [1.29, 1.82) is 0 Å². The Labute approximate surface area is 117 Å². The zero-order valence-electron chi connectivity index (χ0n) is 11.7. The highest BCUT2D eigenvalue weighted by Crippen LogP contribution is 2.37. The zero-order valence-corrected chi connectivity index (χ0v) is 11.7. The molecule has 0 bridgehead atoms. The molecule has 0 atom stereocenters. The molecule has 0 saturated carbocycles. The van der Waals surface area contributed by atoms with Crippen molar-refractivity contribution in [3.63, 3.8) is 0 Å². The van der Waals surface area contributed by atoms with Gasteiger partial charge < -0.3 is 25.8 Å². The molecule has 106 valence electrons. The number of nitrogens with one attached hydrogen (secondary N) is 2. The largest absolute Gasteiger partial charge is 0.493 e. The van der Waals surface area contributed by atoms with E-state index in [9.17, 15) is 0 Å². The number of pyridine rings is 1. The predicted molar refractivity (Wildman–Crippen MR) is 80.8 cm³/mol. The number of nitrogens with two attached hydrogens (primary N) is 1. The van der Waals surface area contributed by atoms with Crippen molar-refractivity contribution in [1.82, 2.24) is 4.98 Å². The maximum atomic E-state index is 5.94. The third-order valence-electron chi connectivity index (χ3n) is 2.82. The van der Waals surface area contributed by atoms with E-state index in [2.05, 4.69) is 15.6 Å². The number of ether oxygens (including phenoxy) is 2. The monoisotopic (exact) mass is 274 g/mol. The third kappa shape index (κ3) is 2.85. The van der Waals surface area contributed by atoms with Crippen molar-refractivity contribution < 1.29 is 9.47 Å². The first kappa shape index (κ1) is 13.8. The number of benzene rings is 1. The number of hydrogen-bond acceptors (Lipinski definition) is 6. The molecule has 0 spiro atoms. The predicted octanol–water partition coefficient (Wildman–Crippen LogP) is 2.55. The molecule has 0 saturated heterocycles. The van der Waals surface area contributed by atoms with Gasteiger partial charge in [0.15, 0.2) is 11.5 Å². The Morgan fingerprint density at radius 1 is 1.10 bits per heavy atom. The molecule has 4 N–H and O–H groups in total. The van der Waals surface area contributed by atoms with Gasteiger partial charge in [-0.1, -0.05) is 0 Å². The van der Waals surface area contributed by atoms with Gasteiger partial charge in [0, 0.05) is 38.5 Å². The maximum Gasteiger partial charge on any atom is 0.171 e. The first-order chi connectivity index (χ1) is 9.67. The molecule has 0 unspecified atom stereocenters. The Hall–Kier alpha value is -2.63. The molecule has 0 aliphatic heterocycles. The number of aromatic nitrogens is 1. The standard InChI is InChI=1S/C14H18N4O2/c1-16-11-8-12(19-3)13(7-10(11)15)20-9-4-5-18-14(6-9)17-2/h4-8,16H,15H2,1-3H3,(H,17,18). The fraction of sp³-hybridized carbons (Fsp3) is 0.214. The molecule has 0 amide bonds. The summed E-state index contributed by atoms with van der Waals surface area (Å²) < 4.78 is 11.1. The number of anilines is 3. The second kappa shape index (κ2) is 6.01. The minimum Gasteiger partial charge on any atom is -0.493 e. The van der Waals surface area contributed by atoms with Crippen LogP contribution in [-0.4, -0.2) is 26.2 Å². The topological polar surface area (TPSA) is 81.4 Å². The second-order valence-electron chi connectivity index (χ2n) is 4.07. The lowest BCUT2D eigenvalue weighted by Crippen LogP contribution is -1.99. The smallest absolute Gasteiger partial charge is 0.171 e. The van der Waals surface area contributed by atoms with E-state index in [-0.39, 0.29) is 0 Å². The van der Waals surface area contributed by atoms with Crippen LogP contribution in [0.25, 0.3) is 0 Å². The lowest BCUT2D eigenvalue weighted by Gasteiger charge is -2.14. The van der Waals surface area contributed by atoms with Crippen molar-refractivity contribution in [2.24, 2.45) is 0 Å². The summed E-state index contributed by atoms with van der Waals surface area (Å²) in [6, 6.07) is 7.08. The zero-order chi connectivity index (χ0) is 14.5. The van der Waals surface area contributed by atoms with Crippen LogP contribution in [0.5, 0.6) is 17.2 Å². The van der Waals surface area contributed by atoms with Gasteiger partial charge in [-0.25, -0.2) is 4.98 Å². The number of hydrogen-bond donors (Lipinski definition) is 3. The Morgan fingerprint density at radius 2 is 1.90 bits per heavy atom. The maximum absolute atomic E-state index is 5.94. The molecular weight excluding hydrogens is 256 g/mol. The van der Waals surface area contributed by atoms with Gasteiger partial charge in [-0.15, -0.1) is 0 Å². The SMILES string of the molecule is CNc1cc(Oc2cc(N)c(NC)cc2OC)ccn1.